The summed E-state index contributed by atoms with van der Waals surface area (Å²) in [6, 6.07) is 7.51. The minimum Gasteiger partial charge on any atom is -0.444 e. The molecule has 0 unspecified atom stereocenters. The van der Waals surface area contributed by atoms with Gasteiger partial charge in [0.2, 0.25) is 0 Å². The van der Waals surface area contributed by atoms with Gasteiger partial charge in [-0.15, -0.1) is 0 Å². The van der Waals surface area contributed by atoms with Gasteiger partial charge in [-0.1, -0.05) is 44.5 Å². The molecule has 0 N–H and O–H groups in total. The summed E-state index contributed by atoms with van der Waals surface area (Å²) in [6.07, 6.45) is 0.223. The number of carbonyl (C=O) groups is 2. The maximum Gasteiger partial charge on any atom is 0.410 e. The molecule has 1 aromatic rings. The average Bonchev–Trinajstić information content (AvgIpc) is 2.54. The van der Waals surface area contributed by atoms with Gasteiger partial charge in [-0.25, -0.2) is 4.79 Å². The van der Waals surface area contributed by atoms with Gasteiger partial charge in [0.05, 0.1) is 12.6 Å². The Morgan fingerprint density at radius 2 is 1.83 bits per heavy atom. The van der Waals surface area contributed by atoms with E-state index in [9.17, 15) is 9.59 Å². The Morgan fingerprint density at radius 1 is 1.21 bits per heavy atom. The van der Waals surface area contributed by atoms with Gasteiger partial charge in [0, 0.05) is 18.0 Å². The summed E-state index contributed by atoms with van der Waals surface area (Å²) in [6.45, 7) is 16.9. The normalized spacial score (nSPS) is 13.7. The summed E-state index contributed by atoms with van der Waals surface area (Å²) < 4.78 is 12.2. The quantitative estimate of drug-likeness (QED) is 0.354. The number of aldehydes is 1. The number of hydrogen-bond donors (Lipinski definition) is 0. The lowest BCUT2D eigenvalue weighted by molar-refractivity contribution is -0.108. The van der Waals surface area contributed by atoms with E-state index in [0.29, 0.717) is 5.02 Å². The molecule has 1 amide bonds. The Balaban J connectivity index is 3.23. The molecule has 0 aliphatic rings. The Bertz CT molecular complexity index is 695. The third-order valence-electron chi connectivity index (χ3n) is 5.02. The van der Waals surface area contributed by atoms with E-state index < -0.39 is 20.0 Å². The van der Waals surface area contributed by atoms with Crippen LogP contribution in [0.4, 0.5) is 4.79 Å². The fourth-order valence-electron chi connectivity index (χ4n) is 2.44. The molecular formula is C22H36ClNO4Si. The predicted molar refractivity (Wildman–Crippen MR) is 121 cm³/mol. The van der Waals surface area contributed by atoms with E-state index in [1.54, 1.807) is 4.90 Å². The zero-order valence-corrected chi connectivity index (χ0v) is 20.8. The number of rotatable bonds is 8. The van der Waals surface area contributed by atoms with Gasteiger partial charge in [0.15, 0.2) is 8.32 Å². The minimum atomic E-state index is -2.14. The Morgan fingerprint density at radius 3 is 2.31 bits per heavy atom. The van der Waals surface area contributed by atoms with E-state index in [2.05, 4.69) is 33.9 Å². The molecule has 29 heavy (non-hydrogen) atoms. The van der Waals surface area contributed by atoms with Crippen molar-refractivity contribution in [3.8, 4) is 0 Å². The molecule has 5 nitrogen and oxygen atoms in total. The number of halogens is 1. The summed E-state index contributed by atoms with van der Waals surface area (Å²) >= 11 is 6.22. The van der Waals surface area contributed by atoms with Crippen LogP contribution in [0.3, 0.4) is 0 Å². The van der Waals surface area contributed by atoms with Crippen LogP contribution in [0.2, 0.25) is 23.2 Å². The fraction of sp³-hybridized carbons (Fsp3) is 0.636. The second-order valence-electron chi connectivity index (χ2n) is 9.80. The first-order valence-electron chi connectivity index (χ1n) is 10.0. The average molecular weight is 442 g/mol. The lowest BCUT2D eigenvalue weighted by Gasteiger charge is -2.40. The van der Waals surface area contributed by atoms with Crippen molar-refractivity contribution in [3.63, 3.8) is 0 Å². The highest BCUT2D eigenvalue weighted by atomic mass is 35.5. The van der Waals surface area contributed by atoms with Crippen molar-refractivity contribution in [1.82, 2.24) is 4.90 Å². The Kier molecular flexibility index (Phi) is 8.93. The van der Waals surface area contributed by atoms with E-state index in [4.69, 9.17) is 20.8 Å². The molecule has 0 heterocycles. The van der Waals surface area contributed by atoms with Crippen LogP contribution in [0.15, 0.2) is 24.3 Å². The van der Waals surface area contributed by atoms with E-state index in [0.717, 1.165) is 11.8 Å². The molecule has 0 bridgehead atoms. The predicted octanol–water partition coefficient (Wildman–Crippen LogP) is 6.23. The molecule has 0 fully saturated rings. The molecule has 1 atom stereocenters. The van der Waals surface area contributed by atoms with E-state index in [1.807, 2.05) is 45.0 Å². The topological polar surface area (TPSA) is 55.8 Å². The molecule has 0 aliphatic carbocycles. The number of benzene rings is 1. The smallest absolute Gasteiger partial charge is 0.410 e. The molecule has 0 saturated carbocycles. The van der Waals surface area contributed by atoms with Crippen LogP contribution in [0.5, 0.6) is 0 Å². The summed E-state index contributed by atoms with van der Waals surface area (Å²) in [5.74, 6) is 0. The van der Waals surface area contributed by atoms with Gasteiger partial charge in [0.25, 0.3) is 0 Å². The van der Waals surface area contributed by atoms with Gasteiger partial charge in [-0.05, 0) is 56.6 Å². The van der Waals surface area contributed by atoms with Crippen molar-refractivity contribution < 1.29 is 18.8 Å². The largest absolute Gasteiger partial charge is 0.444 e. The number of carbonyl (C=O) groups excluding carboxylic acids is 2. The van der Waals surface area contributed by atoms with Crippen molar-refractivity contribution in [2.75, 3.05) is 13.1 Å². The zero-order chi connectivity index (χ0) is 22.5. The highest BCUT2D eigenvalue weighted by Gasteiger charge is 2.40. The van der Waals surface area contributed by atoms with Gasteiger partial charge in [0.1, 0.15) is 11.9 Å². The lowest BCUT2D eigenvalue weighted by atomic mass is 10.1. The third-order valence-corrected chi connectivity index (χ3v) is 9.74. The van der Waals surface area contributed by atoms with Gasteiger partial charge >= 0.3 is 6.09 Å². The highest BCUT2D eigenvalue weighted by Crippen LogP contribution is 2.40. The van der Waals surface area contributed by atoms with Gasteiger partial charge in [-0.3, -0.25) is 0 Å². The first kappa shape index (κ1) is 25.7. The molecule has 1 rings (SSSR count). The molecule has 7 heteroatoms. The van der Waals surface area contributed by atoms with Crippen LogP contribution in [0.1, 0.15) is 59.6 Å². The molecule has 0 aromatic heterocycles. The first-order chi connectivity index (χ1) is 13.2. The van der Waals surface area contributed by atoms with Gasteiger partial charge < -0.3 is 18.9 Å². The summed E-state index contributed by atoms with van der Waals surface area (Å²) in [4.78, 5) is 25.3. The number of nitrogens with zero attached hydrogens (tertiary/aromatic N) is 1. The maximum absolute atomic E-state index is 12.8. The molecule has 0 spiro atoms. The molecule has 0 saturated heterocycles. The number of hydrogen-bond acceptors (Lipinski definition) is 4. The van der Waals surface area contributed by atoms with Crippen LogP contribution >= 0.6 is 11.6 Å². The van der Waals surface area contributed by atoms with E-state index in [-0.39, 0.29) is 30.7 Å². The molecular weight excluding hydrogens is 406 g/mol. The molecule has 0 aliphatic heterocycles. The van der Waals surface area contributed by atoms with Crippen molar-refractivity contribution in [3.05, 3.63) is 34.9 Å². The third kappa shape index (κ3) is 8.48. The first-order valence-corrected chi connectivity index (χ1v) is 13.3. The van der Waals surface area contributed by atoms with Gasteiger partial charge in [-0.2, -0.15) is 0 Å². The lowest BCUT2D eigenvalue weighted by Crippen LogP contribution is -2.46. The highest BCUT2D eigenvalue weighted by molar-refractivity contribution is 6.74. The second kappa shape index (κ2) is 10.1. The van der Waals surface area contributed by atoms with Crippen molar-refractivity contribution in [2.45, 2.75) is 77.8 Å². The number of amides is 1. The summed E-state index contributed by atoms with van der Waals surface area (Å²) in [5.41, 5.74) is 0.282. The summed E-state index contributed by atoms with van der Waals surface area (Å²) in [7, 11) is -2.14. The van der Waals surface area contributed by atoms with Crippen LogP contribution in [0, 0.1) is 0 Å². The van der Waals surface area contributed by atoms with E-state index >= 15 is 0 Å². The Hall–Kier alpha value is -1.37. The van der Waals surface area contributed by atoms with Crippen molar-refractivity contribution >= 4 is 32.3 Å². The summed E-state index contributed by atoms with van der Waals surface area (Å²) in [5, 5.41) is 0.617. The second-order valence-corrected chi connectivity index (χ2v) is 15.0. The number of ether oxygens (including phenoxy) is 1. The maximum atomic E-state index is 12.8. The van der Waals surface area contributed by atoms with Crippen LogP contribution in [0.25, 0.3) is 0 Å². The monoisotopic (exact) mass is 441 g/mol. The molecule has 164 valence electrons. The van der Waals surface area contributed by atoms with Crippen molar-refractivity contribution in [1.29, 1.82) is 0 Å². The Labute approximate surface area is 181 Å². The van der Waals surface area contributed by atoms with Crippen LogP contribution < -0.4 is 0 Å². The van der Waals surface area contributed by atoms with Crippen LogP contribution in [-0.4, -0.2) is 44.3 Å². The fourth-order valence-corrected chi connectivity index (χ4v) is 3.92. The zero-order valence-electron chi connectivity index (χ0n) is 19.0. The standard InChI is InChI=1S/C22H36ClNO4Si/c1-21(2,3)27-20(26)24(13-10-14-25)16-19(17-11-9-12-18(23)15-17)28-29(7,8)22(4,5)6/h9,11-12,14-15,19H,10,13,16H2,1-8H3/t19-/m1/s1. The molecule has 1 aromatic carbocycles. The molecule has 0 radical (unpaired) electrons. The SMILES string of the molecule is CC(C)(C)OC(=O)N(CCC=O)C[C@@H](O[Si](C)(C)C(C)(C)C)c1cccc(Cl)c1. The minimum absolute atomic E-state index is 0.00334. The van der Waals surface area contributed by atoms with Crippen molar-refractivity contribution in [2.24, 2.45) is 0 Å². The van der Waals surface area contributed by atoms with Crippen LogP contribution in [-0.2, 0) is 14.0 Å². The van der Waals surface area contributed by atoms with E-state index in [1.165, 1.54) is 0 Å².